The summed E-state index contributed by atoms with van der Waals surface area (Å²) < 4.78 is 0. The fourth-order valence-electron chi connectivity index (χ4n) is 6.82. The third-order valence-corrected chi connectivity index (χ3v) is 10.9. The maximum absolute atomic E-state index is 14.3. The van der Waals surface area contributed by atoms with Gasteiger partial charge in [0.15, 0.2) is 0 Å². The molecule has 0 bridgehead atoms. The molecule has 9 amide bonds. The number of hydrogen-bond donors (Lipinski definition) is 12. The van der Waals surface area contributed by atoms with Crippen molar-refractivity contribution in [3.63, 3.8) is 0 Å². The van der Waals surface area contributed by atoms with Gasteiger partial charge in [0.25, 0.3) is 0 Å². The summed E-state index contributed by atoms with van der Waals surface area (Å²) in [6.07, 6.45) is 0.804. The molecular formula is C47H72N10O11. The molecule has 0 aliphatic rings. The molecule has 0 aliphatic carbocycles. The van der Waals surface area contributed by atoms with Crippen molar-refractivity contribution in [1.82, 2.24) is 42.5 Å². The monoisotopic (exact) mass is 953 g/mol. The van der Waals surface area contributed by atoms with Crippen LogP contribution in [0.15, 0.2) is 60.7 Å². The van der Waals surface area contributed by atoms with Crippen molar-refractivity contribution in [2.45, 2.75) is 129 Å². The Hall–Kier alpha value is -6.45. The SMILES string of the molecule is CC[C@H](C)[C@H](NC(=O)[C@H](Cc1ccccc1)NC(=O)[C@H](CC(C)C)NC(=O)[C@H](Cc1ccccc1)NC(=O)[C@H](C)NC(=O)[C@H](CO)NC(=O)CNC(=O)[C@@H](N)CC(C)C)C(=O)N[C@@H](CO)C(N)=O. The van der Waals surface area contributed by atoms with Gasteiger partial charge in [-0.2, -0.15) is 0 Å². The number of nitrogens with one attached hydrogen (secondary N) is 8. The van der Waals surface area contributed by atoms with Crippen LogP contribution in [0, 0.1) is 17.8 Å². The highest BCUT2D eigenvalue weighted by atomic mass is 16.3. The molecule has 0 saturated heterocycles. The molecule has 376 valence electrons. The van der Waals surface area contributed by atoms with Crippen molar-refractivity contribution in [2.24, 2.45) is 29.2 Å². The second-order valence-corrected chi connectivity index (χ2v) is 17.7. The highest BCUT2D eigenvalue weighted by Crippen LogP contribution is 2.13. The smallest absolute Gasteiger partial charge is 0.245 e. The Kier molecular flexibility index (Phi) is 24.9. The van der Waals surface area contributed by atoms with Crippen LogP contribution in [0.1, 0.15) is 78.9 Å². The quantitative estimate of drug-likeness (QED) is 0.0419. The Morgan fingerprint density at radius 2 is 0.956 bits per heavy atom. The van der Waals surface area contributed by atoms with E-state index in [2.05, 4.69) is 42.5 Å². The Balaban J connectivity index is 2.33. The fraction of sp³-hybridized carbons (Fsp3) is 0.553. The Morgan fingerprint density at radius 3 is 1.43 bits per heavy atom. The van der Waals surface area contributed by atoms with Crippen LogP contribution >= 0.6 is 0 Å². The standard InChI is InChI=1S/C47H72N10O11/c1-8-28(6)39(47(68)56-36(24-58)40(49)61)57-45(66)35(22-31-17-13-10-14-18-31)55-43(64)33(20-27(4)5)54-44(65)34(21-30-15-11-9-12-16-30)53-41(62)29(7)51-46(67)37(25-59)52-38(60)23-50-42(63)32(48)19-26(2)3/h9-18,26-29,32-37,39,58-59H,8,19-25,48H2,1-7H3,(H2,49,61)(H,50,63)(H,51,67)(H,52,60)(H,53,62)(H,54,65)(H,55,64)(H,56,68)(H,57,66)/t28-,29-,32-,33-,34-,35-,36-,37-,39-/m0/s1. The van der Waals surface area contributed by atoms with Gasteiger partial charge in [-0.3, -0.25) is 43.2 Å². The van der Waals surface area contributed by atoms with Gasteiger partial charge in [0.1, 0.15) is 42.3 Å². The van der Waals surface area contributed by atoms with Crippen molar-refractivity contribution in [3.8, 4) is 0 Å². The number of primary amides is 1. The van der Waals surface area contributed by atoms with Gasteiger partial charge in [-0.15, -0.1) is 0 Å². The third kappa shape index (κ3) is 20.2. The second kappa shape index (κ2) is 29.3. The van der Waals surface area contributed by atoms with Gasteiger partial charge in [0, 0.05) is 12.8 Å². The normalized spacial score (nSPS) is 15.1. The number of aliphatic hydroxyl groups is 2. The van der Waals surface area contributed by atoms with Gasteiger partial charge >= 0.3 is 0 Å². The molecular weight excluding hydrogens is 881 g/mol. The van der Waals surface area contributed by atoms with Crippen molar-refractivity contribution in [2.75, 3.05) is 19.8 Å². The Morgan fingerprint density at radius 1 is 0.515 bits per heavy atom. The van der Waals surface area contributed by atoms with Crippen LogP contribution in [0.25, 0.3) is 0 Å². The lowest BCUT2D eigenvalue weighted by molar-refractivity contribution is -0.136. The molecule has 0 fully saturated rings. The van der Waals surface area contributed by atoms with E-state index in [0.29, 0.717) is 24.0 Å². The fourth-order valence-corrected chi connectivity index (χ4v) is 6.82. The topological polar surface area (TPSA) is 342 Å². The highest BCUT2D eigenvalue weighted by Gasteiger charge is 2.35. The number of benzene rings is 2. The molecule has 21 nitrogen and oxygen atoms in total. The van der Waals surface area contributed by atoms with E-state index in [1.807, 2.05) is 27.7 Å². The predicted octanol–water partition coefficient (Wildman–Crippen LogP) is -2.06. The summed E-state index contributed by atoms with van der Waals surface area (Å²) in [7, 11) is 0. The first-order chi connectivity index (χ1) is 32.1. The maximum Gasteiger partial charge on any atom is 0.245 e. The highest BCUT2D eigenvalue weighted by molar-refractivity contribution is 5.98. The van der Waals surface area contributed by atoms with Crippen molar-refractivity contribution >= 4 is 53.2 Å². The molecule has 0 radical (unpaired) electrons. The zero-order chi connectivity index (χ0) is 51.1. The van der Waals surface area contributed by atoms with E-state index in [4.69, 9.17) is 11.5 Å². The van der Waals surface area contributed by atoms with Crippen LogP contribution < -0.4 is 54.0 Å². The van der Waals surface area contributed by atoms with Crippen LogP contribution in [-0.4, -0.2) is 131 Å². The number of carbonyl (C=O) groups is 9. The van der Waals surface area contributed by atoms with Gasteiger partial charge in [-0.25, -0.2) is 0 Å². The molecule has 0 aliphatic heterocycles. The number of hydrogen-bond acceptors (Lipinski definition) is 12. The molecule has 0 heterocycles. The minimum Gasteiger partial charge on any atom is -0.394 e. The van der Waals surface area contributed by atoms with Crippen LogP contribution in [0.5, 0.6) is 0 Å². The summed E-state index contributed by atoms with van der Waals surface area (Å²) in [5, 5.41) is 39.8. The molecule has 0 spiro atoms. The molecule has 2 rings (SSSR count). The van der Waals surface area contributed by atoms with Gasteiger partial charge in [-0.05, 0) is 48.6 Å². The van der Waals surface area contributed by atoms with Crippen molar-refractivity contribution in [3.05, 3.63) is 71.8 Å². The molecule has 2 aromatic rings. The zero-order valence-electron chi connectivity index (χ0n) is 40.0. The van der Waals surface area contributed by atoms with Gasteiger partial charge in [0.05, 0.1) is 25.8 Å². The summed E-state index contributed by atoms with van der Waals surface area (Å²) in [5.41, 5.74) is 12.5. The molecule has 14 N–H and O–H groups in total. The summed E-state index contributed by atoms with van der Waals surface area (Å²) in [6.45, 7) is 10.1. The lowest BCUT2D eigenvalue weighted by Gasteiger charge is -2.29. The minimum absolute atomic E-state index is 0.0308. The van der Waals surface area contributed by atoms with Gasteiger partial charge < -0.3 is 64.2 Å². The van der Waals surface area contributed by atoms with Crippen LogP contribution in [-0.2, 0) is 56.0 Å². The van der Waals surface area contributed by atoms with E-state index >= 15 is 0 Å². The lowest BCUT2D eigenvalue weighted by Crippen LogP contribution is -2.61. The molecule has 2 aromatic carbocycles. The average molecular weight is 953 g/mol. The Bertz CT molecular complexity index is 1990. The zero-order valence-corrected chi connectivity index (χ0v) is 40.0. The van der Waals surface area contributed by atoms with Crippen molar-refractivity contribution < 1.29 is 53.4 Å². The van der Waals surface area contributed by atoms with Crippen LogP contribution in [0.2, 0.25) is 0 Å². The van der Waals surface area contributed by atoms with E-state index in [9.17, 15) is 53.4 Å². The lowest BCUT2D eigenvalue weighted by atomic mass is 9.96. The predicted molar refractivity (Wildman–Crippen MR) is 252 cm³/mol. The molecule has 21 heteroatoms. The number of amides is 9. The second-order valence-electron chi connectivity index (χ2n) is 17.7. The van der Waals surface area contributed by atoms with Gasteiger partial charge in [-0.1, -0.05) is 109 Å². The number of aliphatic hydroxyl groups excluding tert-OH is 2. The first-order valence-electron chi connectivity index (χ1n) is 22.8. The van der Waals surface area contributed by atoms with Crippen molar-refractivity contribution in [1.29, 1.82) is 0 Å². The number of nitrogens with two attached hydrogens (primary N) is 2. The maximum atomic E-state index is 14.3. The summed E-state index contributed by atoms with van der Waals surface area (Å²) in [4.78, 5) is 119. The van der Waals surface area contributed by atoms with E-state index in [-0.39, 0.29) is 31.1 Å². The van der Waals surface area contributed by atoms with E-state index < -0.39 is 127 Å². The van der Waals surface area contributed by atoms with E-state index in [0.717, 1.165) is 0 Å². The minimum atomic E-state index is -1.51. The molecule has 0 saturated carbocycles. The molecule has 0 aromatic heterocycles. The molecule has 68 heavy (non-hydrogen) atoms. The summed E-state index contributed by atoms with van der Waals surface area (Å²) >= 11 is 0. The summed E-state index contributed by atoms with van der Waals surface area (Å²) in [5.74, 6) is -7.67. The van der Waals surface area contributed by atoms with Gasteiger partial charge in [0.2, 0.25) is 53.2 Å². The first-order valence-corrected chi connectivity index (χ1v) is 22.8. The number of carbonyl (C=O) groups excluding carboxylic acids is 9. The van der Waals surface area contributed by atoms with E-state index in [1.165, 1.54) is 6.92 Å². The third-order valence-electron chi connectivity index (χ3n) is 10.9. The van der Waals surface area contributed by atoms with Crippen LogP contribution in [0.4, 0.5) is 0 Å². The largest absolute Gasteiger partial charge is 0.394 e. The first kappa shape index (κ1) is 57.7. The molecule has 9 atom stereocenters. The van der Waals surface area contributed by atoms with Crippen LogP contribution in [0.3, 0.4) is 0 Å². The summed E-state index contributed by atoms with van der Waals surface area (Å²) in [6, 6.07) is 7.28. The average Bonchev–Trinajstić information content (AvgIpc) is 3.29. The Labute approximate surface area is 397 Å². The molecule has 0 unspecified atom stereocenters. The number of rotatable bonds is 29. The van der Waals surface area contributed by atoms with E-state index in [1.54, 1.807) is 74.5 Å².